The Kier molecular flexibility index (Phi) is 12.1. The summed E-state index contributed by atoms with van der Waals surface area (Å²) in [6.07, 6.45) is 11.0. The van der Waals surface area contributed by atoms with Crippen molar-refractivity contribution < 1.29 is 29.0 Å². The minimum atomic E-state index is -0.579. The van der Waals surface area contributed by atoms with Gasteiger partial charge in [0.2, 0.25) is 11.8 Å². The van der Waals surface area contributed by atoms with E-state index in [0.29, 0.717) is 26.0 Å². The molecule has 3 rings (SSSR count). The van der Waals surface area contributed by atoms with Crippen molar-refractivity contribution in [1.82, 2.24) is 10.6 Å². The van der Waals surface area contributed by atoms with E-state index in [9.17, 15) is 14.4 Å². The number of amides is 2. The lowest BCUT2D eigenvalue weighted by atomic mass is 9.92. The molecule has 1 aromatic carbocycles. The van der Waals surface area contributed by atoms with Crippen LogP contribution < -0.4 is 10.6 Å². The summed E-state index contributed by atoms with van der Waals surface area (Å²) in [5.74, 6) is -1.31. The standard InChI is InChI=1S/C29H42N2O6/c32-17-19-36-18-16-30-26(33)21-24-12-6-1-2-7-13-25(20-23-10-4-3-5-11-23)28(35)37-22-29(31-27(24)34)14-8-9-15-29/h1,3-6,10-11,24-25,32H,2,7-9,12-22H2,(H,30,33)(H,31,34). The van der Waals surface area contributed by atoms with Gasteiger partial charge in [-0.2, -0.15) is 0 Å². The second kappa shape index (κ2) is 15.5. The van der Waals surface area contributed by atoms with Crippen LogP contribution in [0.15, 0.2) is 42.5 Å². The molecule has 2 amide bonds. The number of carbonyl (C=O) groups is 3. The fourth-order valence-corrected chi connectivity index (χ4v) is 5.12. The number of aliphatic hydroxyl groups excluding tert-OH is 1. The largest absolute Gasteiger partial charge is 0.463 e. The molecule has 2 atom stereocenters. The fourth-order valence-electron chi connectivity index (χ4n) is 5.12. The molecule has 8 nitrogen and oxygen atoms in total. The van der Waals surface area contributed by atoms with Gasteiger partial charge < -0.3 is 25.2 Å². The highest BCUT2D eigenvalue weighted by atomic mass is 16.5. The Bertz CT molecular complexity index is 882. The normalized spacial score (nSPS) is 22.7. The van der Waals surface area contributed by atoms with Gasteiger partial charge >= 0.3 is 5.97 Å². The summed E-state index contributed by atoms with van der Waals surface area (Å²) in [4.78, 5) is 39.0. The zero-order valence-electron chi connectivity index (χ0n) is 21.8. The van der Waals surface area contributed by atoms with Gasteiger partial charge in [0, 0.05) is 13.0 Å². The van der Waals surface area contributed by atoms with Crippen LogP contribution in [0.4, 0.5) is 0 Å². The third kappa shape index (κ3) is 9.93. The fraction of sp³-hybridized carbons (Fsp3) is 0.621. The Morgan fingerprint density at radius 3 is 2.62 bits per heavy atom. The van der Waals surface area contributed by atoms with Crippen LogP contribution in [0, 0.1) is 11.8 Å². The van der Waals surface area contributed by atoms with Crippen molar-refractivity contribution in [3.63, 3.8) is 0 Å². The lowest BCUT2D eigenvalue weighted by Gasteiger charge is -2.32. The van der Waals surface area contributed by atoms with Gasteiger partial charge in [0.05, 0.1) is 37.2 Å². The van der Waals surface area contributed by atoms with Crippen molar-refractivity contribution in [2.75, 3.05) is 33.0 Å². The molecule has 1 aliphatic carbocycles. The van der Waals surface area contributed by atoms with E-state index in [-0.39, 0.29) is 49.9 Å². The van der Waals surface area contributed by atoms with Crippen LogP contribution in [0.5, 0.6) is 0 Å². The predicted molar refractivity (Wildman–Crippen MR) is 141 cm³/mol. The minimum absolute atomic E-state index is 0.0622. The molecule has 1 fully saturated rings. The molecule has 8 heteroatoms. The highest BCUT2D eigenvalue weighted by Crippen LogP contribution is 2.31. The van der Waals surface area contributed by atoms with E-state index in [0.717, 1.165) is 50.5 Å². The Morgan fingerprint density at radius 1 is 1.08 bits per heavy atom. The van der Waals surface area contributed by atoms with Gasteiger partial charge in [-0.25, -0.2) is 0 Å². The van der Waals surface area contributed by atoms with Crippen molar-refractivity contribution in [3.05, 3.63) is 48.0 Å². The maximum absolute atomic E-state index is 13.4. The summed E-state index contributed by atoms with van der Waals surface area (Å²) < 4.78 is 11.1. The Labute approximate surface area is 220 Å². The van der Waals surface area contributed by atoms with Crippen LogP contribution in [-0.4, -0.2) is 61.4 Å². The maximum Gasteiger partial charge on any atom is 0.309 e. The van der Waals surface area contributed by atoms with E-state index >= 15 is 0 Å². The van der Waals surface area contributed by atoms with Crippen LogP contribution in [0.25, 0.3) is 0 Å². The summed E-state index contributed by atoms with van der Waals surface area (Å²) in [6.45, 7) is 0.967. The summed E-state index contributed by atoms with van der Waals surface area (Å²) in [7, 11) is 0. The molecule has 1 aromatic rings. The lowest BCUT2D eigenvalue weighted by molar-refractivity contribution is -0.152. The van der Waals surface area contributed by atoms with Crippen LogP contribution in [-0.2, 0) is 30.3 Å². The van der Waals surface area contributed by atoms with E-state index < -0.39 is 11.5 Å². The number of hydrogen-bond donors (Lipinski definition) is 3. The highest BCUT2D eigenvalue weighted by molar-refractivity contribution is 5.86. The number of nitrogens with one attached hydrogen (secondary N) is 2. The van der Waals surface area contributed by atoms with Crippen LogP contribution >= 0.6 is 0 Å². The van der Waals surface area contributed by atoms with Crippen molar-refractivity contribution in [3.8, 4) is 0 Å². The van der Waals surface area contributed by atoms with Crippen molar-refractivity contribution in [1.29, 1.82) is 0 Å². The number of rotatable bonds is 9. The van der Waals surface area contributed by atoms with Gasteiger partial charge in [-0.1, -0.05) is 55.3 Å². The van der Waals surface area contributed by atoms with Crippen molar-refractivity contribution >= 4 is 17.8 Å². The molecule has 1 aliphatic heterocycles. The zero-order valence-corrected chi connectivity index (χ0v) is 21.8. The van der Waals surface area contributed by atoms with E-state index in [1.165, 1.54) is 0 Å². The van der Waals surface area contributed by atoms with Crippen molar-refractivity contribution in [2.45, 2.75) is 69.7 Å². The highest BCUT2D eigenvalue weighted by Gasteiger charge is 2.39. The molecule has 204 valence electrons. The Morgan fingerprint density at radius 2 is 1.86 bits per heavy atom. The van der Waals surface area contributed by atoms with Crippen LogP contribution in [0.1, 0.15) is 63.4 Å². The maximum atomic E-state index is 13.4. The molecule has 1 saturated carbocycles. The monoisotopic (exact) mass is 514 g/mol. The third-order valence-corrected chi connectivity index (χ3v) is 7.22. The molecule has 3 N–H and O–H groups in total. The average molecular weight is 515 g/mol. The van der Waals surface area contributed by atoms with E-state index in [1.807, 2.05) is 42.5 Å². The summed E-state index contributed by atoms with van der Waals surface area (Å²) in [5, 5.41) is 14.7. The number of carbonyl (C=O) groups excluding carboxylic acids is 3. The zero-order chi connectivity index (χ0) is 26.3. The molecule has 1 heterocycles. The second-order valence-electron chi connectivity index (χ2n) is 10.2. The number of ether oxygens (including phenoxy) is 2. The molecule has 0 aromatic heterocycles. The summed E-state index contributed by atoms with van der Waals surface area (Å²) >= 11 is 0. The molecule has 2 unspecified atom stereocenters. The number of cyclic esters (lactones) is 1. The number of benzene rings is 1. The Hall–Kier alpha value is -2.71. The first-order valence-electron chi connectivity index (χ1n) is 13.6. The topological polar surface area (TPSA) is 114 Å². The van der Waals surface area contributed by atoms with Gasteiger partial charge in [0.15, 0.2) is 0 Å². The number of hydrogen-bond acceptors (Lipinski definition) is 6. The first kappa shape index (κ1) is 28.9. The van der Waals surface area contributed by atoms with E-state index in [2.05, 4.69) is 10.6 Å². The van der Waals surface area contributed by atoms with Gasteiger partial charge in [0.25, 0.3) is 0 Å². The minimum Gasteiger partial charge on any atom is -0.463 e. The van der Waals surface area contributed by atoms with Gasteiger partial charge in [-0.05, 0) is 50.5 Å². The predicted octanol–water partition coefficient (Wildman–Crippen LogP) is 3.08. The molecule has 0 saturated heterocycles. The molecule has 2 aliphatic rings. The van der Waals surface area contributed by atoms with Gasteiger partial charge in [0.1, 0.15) is 6.61 Å². The third-order valence-electron chi connectivity index (χ3n) is 7.22. The molecule has 1 spiro atoms. The first-order valence-corrected chi connectivity index (χ1v) is 13.6. The molecule has 0 bridgehead atoms. The molecule has 0 radical (unpaired) electrons. The second-order valence-corrected chi connectivity index (χ2v) is 10.2. The van der Waals surface area contributed by atoms with Crippen molar-refractivity contribution in [2.24, 2.45) is 11.8 Å². The first-order chi connectivity index (χ1) is 18.0. The van der Waals surface area contributed by atoms with Gasteiger partial charge in [-0.15, -0.1) is 0 Å². The van der Waals surface area contributed by atoms with Gasteiger partial charge in [-0.3, -0.25) is 14.4 Å². The number of allylic oxidation sites excluding steroid dienone is 2. The number of aliphatic hydroxyl groups is 1. The quantitative estimate of drug-likeness (QED) is 0.265. The van der Waals surface area contributed by atoms with Crippen LogP contribution in [0.2, 0.25) is 0 Å². The summed E-state index contributed by atoms with van der Waals surface area (Å²) in [5.41, 5.74) is 0.538. The smallest absolute Gasteiger partial charge is 0.309 e. The Balaban J connectivity index is 1.66. The lowest BCUT2D eigenvalue weighted by Crippen LogP contribution is -2.52. The average Bonchev–Trinajstić information content (AvgIpc) is 3.36. The number of esters is 1. The van der Waals surface area contributed by atoms with Crippen LogP contribution in [0.3, 0.4) is 0 Å². The summed E-state index contributed by atoms with van der Waals surface area (Å²) in [6, 6.07) is 10.0. The van der Waals surface area contributed by atoms with E-state index in [1.54, 1.807) is 0 Å². The molecular formula is C29H42N2O6. The molecule has 37 heavy (non-hydrogen) atoms. The molecular weight excluding hydrogens is 472 g/mol. The van der Waals surface area contributed by atoms with E-state index in [4.69, 9.17) is 14.6 Å². The SMILES string of the molecule is O=C(CC1CC=CCCCC(Cc2ccccc2)C(=O)OCC2(CCCC2)NC1=O)NCCOCCO.